The molecule has 10 heteroatoms. The minimum Gasteiger partial charge on any atom is -0.480 e. The lowest BCUT2D eigenvalue weighted by molar-refractivity contribution is -0.149. The molecule has 0 heterocycles. The summed E-state index contributed by atoms with van der Waals surface area (Å²) >= 11 is 4.00. The SMILES string of the molecule is O=C(O)CN(CC(=O)O)[C@@H](CCCCNC(=O)CCCS)C(=O)O. The van der Waals surface area contributed by atoms with Gasteiger partial charge in [-0.2, -0.15) is 12.6 Å². The smallest absolute Gasteiger partial charge is 0.320 e. The molecule has 138 valence electrons. The molecule has 0 aromatic rings. The number of carbonyl (C=O) groups excluding carboxylic acids is 1. The molecule has 9 nitrogen and oxygen atoms in total. The van der Waals surface area contributed by atoms with E-state index in [0.29, 0.717) is 38.0 Å². The van der Waals surface area contributed by atoms with Crippen molar-refractivity contribution in [2.24, 2.45) is 0 Å². The maximum atomic E-state index is 11.4. The third-order valence-electron chi connectivity index (χ3n) is 3.19. The molecule has 0 saturated carbocycles. The monoisotopic (exact) mass is 364 g/mol. The Balaban J connectivity index is 4.35. The lowest BCUT2D eigenvalue weighted by atomic mass is 10.1. The van der Waals surface area contributed by atoms with Crippen LogP contribution >= 0.6 is 12.6 Å². The second-order valence-corrected chi connectivity index (χ2v) is 5.67. The zero-order valence-corrected chi connectivity index (χ0v) is 14.2. The Kier molecular flexibility index (Phi) is 11.6. The summed E-state index contributed by atoms with van der Waals surface area (Å²) in [6.45, 7) is -0.941. The molecule has 0 aliphatic heterocycles. The number of hydrogen-bond donors (Lipinski definition) is 5. The van der Waals surface area contributed by atoms with E-state index < -0.39 is 37.0 Å². The van der Waals surface area contributed by atoms with Gasteiger partial charge in [0.2, 0.25) is 5.91 Å². The average Bonchev–Trinajstić information content (AvgIpc) is 2.46. The lowest BCUT2D eigenvalue weighted by Crippen LogP contribution is -2.46. The summed E-state index contributed by atoms with van der Waals surface area (Å²) in [5, 5.41) is 29.5. The standard InChI is InChI=1S/C14H24N2O7S/c17-11(5-3-7-24)15-6-2-1-4-10(14(22)23)16(8-12(18)19)9-13(20)21/h10,24H,1-9H2,(H,15,17)(H,18,19)(H,20,21)(H,22,23)/t10-/m0/s1. The van der Waals surface area contributed by atoms with Gasteiger partial charge in [0.25, 0.3) is 0 Å². The number of hydrogen-bond acceptors (Lipinski definition) is 6. The van der Waals surface area contributed by atoms with Crippen LogP contribution in [0.25, 0.3) is 0 Å². The first-order valence-electron chi connectivity index (χ1n) is 7.56. The largest absolute Gasteiger partial charge is 0.480 e. The van der Waals surface area contributed by atoms with Crippen LogP contribution in [0.5, 0.6) is 0 Å². The second kappa shape index (κ2) is 12.6. The van der Waals surface area contributed by atoms with Crippen LogP contribution in [0.4, 0.5) is 0 Å². The van der Waals surface area contributed by atoms with Crippen LogP contribution in [0, 0.1) is 0 Å². The maximum absolute atomic E-state index is 11.4. The van der Waals surface area contributed by atoms with Gasteiger partial charge in [-0.15, -0.1) is 0 Å². The summed E-state index contributed by atoms with van der Waals surface area (Å²) < 4.78 is 0. The van der Waals surface area contributed by atoms with Crippen LogP contribution < -0.4 is 5.32 Å². The fourth-order valence-electron chi connectivity index (χ4n) is 2.10. The van der Waals surface area contributed by atoms with E-state index in [9.17, 15) is 24.3 Å². The van der Waals surface area contributed by atoms with Gasteiger partial charge in [-0.3, -0.25) is 24.1 Å². The fraction of sp³-hybridized carbons (Fsp3) is 0.714. The van der Waals surface area contributed by atoms with Gasteiger partial charge in [-0.1, -0.05) is 0 Å². The Bertz CT molecular complexity index is 429. The number of rotatable bonds is 14. The van der Waals surface area contributed by atoms with Gasteiger partial charge >= 0.3 is 17.9 Å². The van der Waals surface area contributed by atoms with Gasteiger partial charge in [0.1, 0.15) is 6.04 Å². The number of aliphatic carboxylic acids is 3. The minimum absolute atomic E-state index is 0.0996. The van der Waals surface area contributed by atoms with E-state index in [1.165, 1.54) is 0 Å². The van der Waals surface area contributed by atoms with Gasteiger partial charge in [0, 0.05) is 13.0 Å². The lowest BCUT2D eigenvalue weighted by Gasteiger charge is -2.25. The summed E-state index contributed by atoms with van der Waals surface area (Å²) in [5.41, 5.74) is 0. The van der Waals surface area contributed by atoms with E-state index in [1.807, 2.05) is 0 Å². The third kappa shape index (κ3) is 10.8. The quantitative estimate of drug-likeness (QED) is 0.212. The number of amides is 1. The van der Waals surface area contributed by atoms with Gasteiger partial charge in [-0.25, -0.2) is 0 Å². The number of carboxylic acid groups (broad SMARTS) is 3. The van der Waals surface area contributed by atoms with Crippen molar-refractivity contribution in [3.63, 3.8) is 0 Å². The molecule has 0 bridgehead atoms. The Morgan fingerprint density at radius 2 is 1.54 bits per heavy atom. The highest BCUT2D eigenvalue weighted by Gasteiger charge is 2.28. The van der Waals surface area contributed by atoms with Gasteiger partial charge in [-0.05, 0) is 31.4 Å². The van der Waals surface area contributed by atoms with Crippen molar-refractivity contribution >= 4 is 36.4 Å². The molecule has 0 aromatic heterocycles. The number of unbranched alkanes of at least 4 members (excludes halogenated alkanes) is 1. The molecule has 1 amide bonds. The predicted molar refractivity (Wildman–Crippen MR) is 88.2 cm³/mol. The molecule has 0 spiro atoms. The fourth-order valence-corrected chi connectivity index (χ4v) is 2.26. The molecule has 4 N–H and O–H groups in total. The average molecular weight is 364 g/mol. The number of carboxylic acids is 3. The number of nitrogens with one attached hydrogen (secondary N) is 1. The highest BCUT2D eigenvalue weighted by molar-refractivity contribution is 7.80. The van der Waals surface area contributed by atoms with Gasteiger partial charge in [0.05, 0.1) is 13.1 Å². The van der Waals surface area contributed by atoms with E-state index in [4.69, 9.17) is 10.2 Å². The molecule has 0 aliphatic rings. The van der Waals surface area contributed by atoms with Crippen molar-refractivity contribution in [1.29, 1.82) is 0 Å². The molecule has 0 unspecified atom stereocenters. The molecule has 0 fully saturated rings. The summed E-state index contributed by atoms with van der Waals surface area (Å²) in [6, 6.07) is -1.20. The molecule has 0 saturated heterocycles. The first kappa shape index (κ1) is 22.2. The highest BCUT2D eigenvalue weighted by atomic mass is 32.1. The first-order chi connectivity index (χ1) is 11.3. The summed E-state index contributed by atoms with van der Waals surface area (Å²) in [5.74, 6) is -3.33. The summed E-state index contributed by atoms with van der Waals surface area (Å²) in [4.78, 5) is 45.1. The van der Waals surface area contributed by atoms with Crippen molar-refractivity contribution in [1.82, 2.24) is 10.2 Å². The number of thiol groups is 1. The van der Waals surface area contributed by atoms with Crippen molar-refractivity contribution < 1.29 is 34.5 Å². The Labute approximate surface area is 145 Å². The van der Waals surface area contributed by atoms with Crippen molar-refractivity contribution in [2.45, 2.75) is 38.1 Å². The maximum Gasteiger partial charge on any atom is 0.320 e. The van der Waals surface area contributed by atoms with Crippen LogP contribution in [-0.4, -0.2) is 75.5 Å². The zero-order valence-electron chi connectivity index (χ0n) is 13.3. The zero-order chi connectivity index (χ0) is 18.5. The Morgan fingerprint density at radius 3 is 2.00 bits per heavy atom. The normalized spacial score (nSPS) is 11.9. The Morgan fingerprint density at radius 1 is 0.958 bits per heavy atom. The number of nitrogens with zero attached hydrogens (tertiary/aromatic N) is 1. The molecule has 1 atom stereocenters. The molecular weight excluding hydrogens is 340 g/mol. The van der Waals surface area contributed by atoms with E-state index >= 15 is 0 Å². The van der Waals surface area contributed by atoms with Crippen LogP contribution in [0.15, 0.2) is 0 Å². The summed E-state index contributed by atoms with van der Waals surface area (Å²) in [7, 11) is 0. The molecule has 0 radical (unpaired) electrons. The highest BCUT2D eigenvalue weighted by Crippen LogP contribution is 2.09. The van der Waals surface area contributed by atoms with Gasteiger partial charge in [0.15, 0.2) is 0 Å². The third-order valence-corrected chi connectivity index (χ3v) is 3.51. The van der Waals surface area contributed by atoms with Crippen molar-refractivity contribution in [3.05, 3.63) is 0 Å². The van der Waals surface area contributed by atoms with E-state index in [0.717, 1.165) is 4.90 Å². The van der Waals surface area contributed by atoms with Crippen LogP contribution in [0.2, 0.25) is 0 Å². The topological polar surface area (TPSA) is 144 Å². The van der Waals surface area contributed by atoms with Crippen LogP contribution in [0.1, 0.15) is 32.1 Å². The van der Waals surface area contributed by atoms with Crippen LogP contribution in [-0.2, 0) is 19.2 Å². The Hall–Kier alpha value is -1.81. The second-order valence-electron chi connectivity index (χ2n) is 5.22. The molecule has 24 heavy (non-hydrogen) atoms. The molecule has 0 rings (SSSR count). The van der Waals surface area contributed by atoms with Crippen molar-refractivity contribution in [3.8, 4) is 0 Å². The molecule has 0 aromatic carbocycles. The predicted octanol–water partition coefficient (Wildman–Crippen LogP) is -0.0927. The molecule has 0 aliphatic carbocycles. The minimum atomic E-state index is -1.29. The van der Waals surface area contributed by atoms with E-state index in [-0.39, 0.29) is 12.3 Å². The van der Waals surface area contributed by atoms with Crippen molar-refractivity contribution in [2.75, 3.05) is 25.4 Å². The number of carbonyl (C=O) groups is 4. The first-order valence-corrected chi connectivity index (χ1v) is 8.19. The van der Waals surface area contributed by atoms with E-state index in [1.54, 1.807) is 0 Å². The van der Waals surface area contributed by atoms with Gasteiger partial charge < -0.3 is 20.6 Å². The summed E-state index contributed by atoms with van der Waals surface area (Å²) in [6.07, 6.45) is 2.09. The molecular formula is C14H24N2O7S. The van der Waals surface area contributed by atoms with E-state index in [2.05, 4.69) is 17.9 Å². The van der Waals surface area contributed by atoms with Crippen LogP contribution in [0.3, 0.4) is 0 Å².